The quantitative estimate of drug-likeness (QED) is 0.838. The number of hydrogen-bond donors (Lipinski definition) is 2. The predicted octanol–water partition coefficient (Wildman–Crippen LogP) is 2.12. The Morgan fingerprint density at radius 2 is 2.10 bits per heavy atom. The van der Waals surface area contributed by atoms with E-state index in [0.29, 0.717) is 12.1 Å². The van der Waals surface area contributed by atoms with Crippen LogP contribution >= 0.6 is 0 Å². The Labute approximate surface area is 128 Å². The number of rotatable bonds is 3. The molecule has 2 aliphatic heterocycles. The summed E-state index contributed by atoms with van der Waals surface area (Å²) in [5.74, 6) is 0. The summed E-state index contributed by atoms with van der Waals surface area (Å²) in [7, 11) is 0. The lowest BCUT2D eigenvalue weighted by atomic mass is 10.0. The molecule has 2 unspecified atom stereocenters. The number of carbonyl (C=O) groups excluding carboxylic acids is 1. The summed E-state index contributed by atoms with van der Waals surface area (Å²) in [5, 5.41) is 7.18. The van der Waals surface area contributed by atoms with Crippen LogP contribution in [-0.2, 0) is 4.74 Å². The van der Waals surface area contributed by atoms with Gasteiger partial charge in [-0.2, -0.15) is 0 Å². The summed E-state index contributed by atoms with van der Waals surface area (Å²) in [5.41, 5.74) is -0.413. The van der Waals surface area contributed by atoms with E-state index in [-0.39, 0.29) is 6.09 Å². The molecule has 0 aliphatic carbocycles. The van der Waals surface area contributed by atoms with Crippen molar-refractivity contribution in [2.24, 2.45) is 0 Å². The van der Waals surface area contributed by atoms with Gasteiger partial charge in [0, 0.05) is 31.7 Å². The summed E-state index contributed by atoms with van der Waals surface area (Å²) in [6.45, 7) is 9.47. The van der Waals surface area contributed by atoms with Gasteiger partial charge in [-0.25, -0.2) is 4.79 Å². The number of likely N-dealkylation sites (tertiary alicyclic amines) is 1. The molecule has 2 N–H and O–H groups in total. The van der Waals surface area contributed by atoms with Crippen LogP contribution in [0.15, 0.2) is 0 Å². The van der Waals surface area contributed by atoms with Gasteiger partial charge >= 0.3 is 6.09 Å². The van der Waals surface area contributed by atoms with Crippen molar-refractivity contribution in [1.29, 1.82) is 0 Å². The number of piperidine rings is 2. The van der Waals surface area contributed by atoms with Gasteiger partial charge in [0.25, 0.3) is 0 Å². The molecule has 0 aromatic heterocycles. The second-order valence-electron chi connectivity index (χ2n) is 7.32. The van der Waals surface area contributed by atoms with Crippen LogP contribution in [0.3, 0.4) is 0 Å². The van der Waals surface area contributed by atoms with Crippen molar-refractivity contribution < 1.29 is 9.53 Å². The third kappa shape index (κ3) is 5.83. The molecule has 2 atom stereocenters. The van der Waals surface area contributed by atoms with Gasteiger partial charge in [0.15, 0.2) is 0 Å². The molecule has 5 nitrogen and oxygen atoms in total. The number of carbonyl (C=O) groups is 1. The van der Waals surface area contributed by atoms with E-state index >= 15 is 0 Å². The van der Waals surface area contributed by atoms with Crippen LogP contribution in [-0.4, -0.2) is 54.9 Å². The first-order valence-corrected chi connectivity index (χ1v) is 8.39. The molecule has 5 heteroatoms. The molecule has 21 heavy (non-hydrogen) atoms. The smallest absolute Gasteiger partial charge is 0.410 e. The lowest BCUT2D eigenvalue weighted by Crippen LogP contribution is -2.52. The summed E-state index contributed by atoms with van der Waals surface area (Å²) in [6, 6.07) is 0.991. The molecule has 2 heterocycles. The van der Waals surface area contributed by atoms with Crippen LogP contribution in [0.2, 0.25) is 0 Å². The number of hydrogen-bond acceptors (Lipinski definition) is 4. The van der Waals surface area contributed by atoms with Crippen LogP contribution in [0.1, 0.15) is 52.9 Å². The zero-order valence-electron chi connectivity index (χ0n) is 13.8. The normalized spacial score (nSPS) is 27.5. The molecular formula is C16H31N3O2. The first kappa shape index (κ1) is 16.6. The summed E-state index contributed by atoms with van der Waals surface area (Å²) >= 11 is 0. The minimum Gasteiger partial charge on any atom is -0.444 e. The van der Waals surface area contributed by atoms with Gasteiger partial charge in [0.05, 0.1) is 0 Å². The lowest BCUT2D eigenvalue weighted by molar-refractivity contribution is 0.0187. The van der Waals surface area contributed by atoms with Crippen LogP contribution in [0.5, 0.6) is 0 Å². The maximum absolute atomic E-state index is 12.1. The molecule has 2 saturated heterocycles. The number of nitrogens with one attached hydrogen (secondary N) is 2. The highest BCUT2D eigenvalue weighted by Crippen LogP contribution is 2.15. The van der Waals surface area contributed by atoms with Crippen molar-refractivity contribution in [3.63, 3.8) is 0 Å². The van der Waals surface area contributed by atoms with E-state index in [4.69, 9.17) is 4.74 Å². The zero-order chi connectivity index (χ0) is 15.3. The number of ether oxygens (including phenoxy) is 1. The van der Waals surface area contributed by atoms with Gasteiger partial charge in [0.2, 0.25) is 0 Å². The van der Waals surface area contributed by atoms with Crippen LogP contribution < -0.4 is 10.6 Å². The van der Waals surface area contributed by atoms with Crippen molar-refractivity contribution in [2.45, 2.75) is 70.6 Å². The molecule has 0 spiro atoms. The van der Waals surface area contributed by atoms with Crippen LogP contribution in [0, 0.1) is 0 Å². The molecule has 2 fully saturated rings. The van der Waals surface area contributed by atoms with E-state index in [1.54, 1.807) is 0 Å². The number of nitrogens with zero attached hydrogens (tertiary/aromatic N) is 1. The lowest BCUT2D eigenvalue weighted by Gasteiger charge is -2.35. The zero-order valence-corrected chi connectivity index (χ0v) is 13.8. The van der Waals surface area contributed by atoms with Gasteiger partial charge in [-0.1, -0.05) is 6.42 Å². The molecule has 0 aromatic carbocycles. The molecule has 122 valence electrons. The Hall–Kier alpha value is -0.810. The van der Waals surface area contributed by atoms with Gasteiger partial charge in [-0.15, -0.1) is 0 Å². The van der Waals surface area contributed by atoms with Crippen molar-refractivity contribution in [3.05, 3.63) is 0 Å². The highest BCUT2D eigenvalue weighted by molar-refractivity contribution is 5.68. The molecule has 1 amide bonds. The highest BCUT2D eigenvalue weighted by Gasteiger charge is 2.27. The molecule has 2 aliphatic rings. The first-order chi connectivity index (χ1) is 9.94. The second kappa shape index (κ2) is 7.45. The highest BCUT2D eigenvalue weighted by atomic mass is 16.6. The van der Waals surface area contributed by atoms with Gasteiger partial charge in [-0.05, 0) is 53.0 Å². The summed E-state index contributed by atoms with van der Waals surface area (Å²) < 4.78 is 5.47. The molecule has 0 radical (unpaired) electrons. The molecule has 0 saturated carbocycles. The largest absolute Gasteiger partial charge is 0.444 e. The SMILES string of the molecule is CC(C)(C)OC(=O)N1CCCC(NCC2CCCCN2)C1. The van der Waals surface area contributed by atoms with Gasteiger partial charge in [0.1, 0.15) is 5.60 Å². The Balaban J connectivity index is 1.73. The summed E-state index contributed by atoms with van der Waals surface area (Å²) in [6.07, 6.45) is 5.90. The average molecular weight is 297 g/mol. The van der Waals surface area contributed by atoms with E-state index in [9.17, 15) is 4.79 Å². The third-order valence-electron chi connectivity index (χ3n) is 4.14. The fraction of sp³-hybridized carbons (Fsp3) is 0.938. The third-order valence-corrected chi connectivity index (χ3v) is 4.14. The van der Waals surface area contributed by atoms with Gasteiger partial charge < -0.3 is 20.3 Å². The Kier molecular flexibility index (Phi) is 5.88. The molecule has 0 bridgehead atoms. The first-order valence-electron chi connectivity index (χ1n) is 8.39. The molecule has 2 rings (SSSR count). The fourth-order valence-electron chi connectivity index (χ4n) is 3.04. The van der Waals surface area contributed by atoms with Crippen molar-refractivity contribution in [3.8, 4) is 0 Å². The second-order valence-corrected chi connectivity index (χ2v) is 7.32. The van der Waals surface area contributed by atoms with E-state index in [1.807, 2.05) is 25.7 Å². The Morgan fingerprint density at radius 3 is 2.76 bits per heavy atom. The van der Waals surface area contributed by atoms with Gasteiger partial charge in [-0.3, -0.25) is 0 Å². The topological polar surface area (TPSA) is 53.6 Å². The fourth-order valence-corrected chi connectivity index (χ4v) is 3.04. The Bertz CT molecular complexity index is 335. The van der Waals surface area contributed by atoms with E-state index in [0.717, 1.165) is 39.0 Å². The standard InChI is InChI=1S/C16H31N3O2/c1-16(2,3)21-15(20)19-10-6-8-14(12-19)18-11-13-7-4-5-9-17-13/h13-14,17-18H,4-12H2,1-3H3. The van der Waals surface area contributed by atoms with Crippen molar-refractivity contribution in [2.75, 3.05) is 26.2 Å². The Morgan fingerprint density at radius 1 is 1.29 bits per heavy atom. The van der Waals surface area contributed by atoms with E-state index in [1.165, 1.54) is 19.3 Å². The minimum absolute atomic E-state index is 0.176. The predicted molar refractivity (Wildman–Crippen MR) is 84.5 cm³/mol. The maximum Gasteiger partial charge on any atom is 0.410 e. The monoisotopic (exact) mass is 297 g/mol. The average Bonchev–Trinajstić information content (AvgIpc) is 2.45. The summed E-state index contributed by atoms with van der Waals surface area (Å²) in [4.78, 5) is 14.0. The van der Waals surface area contributed by atoms with Crippen molar-refractivity contribution >= 4 is 6.09 Å². The minimum atomic E-state index is -0.413. The van der Waals surface area contributed by atoms with Crippen LogP contribution in [0.25, 0.3) is 0 Å². The van der Waals surface area contributed by atoms with Crippen molar-refractivity contribution in [1.82, 2.24) is 15.5 Å². The van der Waals surface area contributed by atoms with E-state index < -0.39 is 5.60 Å². The molecule has 0 aromatic rings. The van der Waals surface area contributed by atoms with Crippen LogP contribution in [0.4, 0.5) is 4.79 Å². The van der Waals surface area contributed by atoms with E-state index in [2.05, 4.69) is 10.6 Å². The number of amides is 1. The maximum atomic E-state index is 12.1. The molecular weight excluding hydrogens is 266 g/mol.